The highest BCUT2D eigenvalue weighted by Crippen LogP contribution is 2.23. The minimum Gasteiger partial charge on any atom is -0.308 e. The zero-order valence-electron chi connectivity index (χ0n) is 15.8. The fraction of sp³-hybridized carbons (Fsp3) is 0.318. The molecule has 0 N–H and O–H groups in total. The van der Waals surface area contributed by atoms with Gasteiger partial charge in [-0.2, -0.15) is 0 Å². The number of fused-ring (bicyclic) bond motifs is 2. The lowest BCUT2D eigenvalue weighted by atomic mass is 10.1. The Bertz CT molecular complexity index is 1110. The average Bonchev–Trinajstić information content (AvgIpc) is 2.71. The van der Waals surface area contributed by atoms with Crippen LogP contribution in [0.5, 0.6) is 0 Å². The molecule has 4 rings (SSSR count). The first-order valence-electron chi connectivity index (χ1n) is 9.69. The van der Waals surface area contributed by atoms with E-state index in [9.17, 15) is 9.59 Å². The number of hydrogen-bond donors (Lipinski definition) is 0. The first-order chi connectivity index (χ1) is 13.6. The summed E-state index contributed by atoms with van der Waals surface area (Å²) in [5.74, 6) is 0.694. The molecule has 0 bridgehead atoms. The monoisotopic (exact) mass is 395 g/mol. The van der Waals surface area contributed by atoms with Crippen molar-refractivity contribution in [1.82, 2.24) is 9.55 Å². The number of hydrogen-bond acceptors (Lipinski definition) is 3. The van der Waals surface area contributed by atoms with Gasteiger partial charge in [-0.05, 0) is 55.7 Å². The molecule has 0 saturated carbocycles. The molecule has 1 aliphatic rings. The minimum absolute atomic E-state index is 0.0149. The topological polar surface area (TPSA) is 55.2 Å². The molecule has 1 aliphatic heterocycles. The van der Waals surface area contributed by atoms with E-state index in [1.165, 1.54) is 0 Å². The van der Waals surface area contributed by atoms with E-state index in [0.29, 0.717) is 28.0 Å². The van der Waals surface area contributed by atoms with Crippen LogP contribution in [0, 0.1) is 0 Å². The summed E-state index contributed by atoms with van der Waals surface area (Å²) >= 11 is 6.12. The summed E-state index contributed by atoms with van der Waals surface area (Å²) in [5, 5.41) is 1.15. The second-order valence-electron chi connectivity index (χ2n) is 7.11. The summed E-state index contributed by atoms with van der Waals surface area (Å²) in [6, 6.07) is 12.5. The number of anilines is 1. The molecule has 0 unspecified atom stereocenters. The zero-order chi connectivity index (χ0) is 19.7. The van der Waals surface area contributed by atoms with Gasteiger partial charge >= 0.3 is 0 Å². The first-order valence-corrected chi connectivity index (χ1v) is 10.1. The number of amides is 1. The molecule has 6 heteroatoms. The molecule has 0 radical (unpaired) electrons. The average molecular weight is 396 g/mol. The summed E-state index contributed by atoms with van der Waals surface area (Å²) in [5.41, 5.74) is 1.86. The molecule has 1 aromatic heterocycles. The van der Waals surface area contributed by atoms with Crippen LogP contribution in [0.2, 0.25) is 5.02 Å². The highest BCUT2D eigenvalue weighted by molar-refractivity contribution is 6.31. The van der Waals surface area contributed by atoms with E-state index >= 15 is 0 Å². The molecule has 0 spiro atoms. The summed E-state index contributed by atoms with van der Waals surface area (Å²) in [6.07, 6.45) is 3.66. The predicted molar refractivity (Wildman–Crippen MR) is 112 cm³/mol. The standard InChI is InChI=1S/C22H22ClN3O2/c1-2-11-25(17-7-5-6-16(23)14-17)21(27)15-9-10-18-19(13-15)24-20-8-3-4-12-26(20)22(18)28/h5-7,9-10,13-14H,2-4,8,11-12H2,1H3. The minimum atomic E-state index is -0.120. The fourth-order valence-electron chi connectivity index (χ4n) is 3.75. The van der Waals surface area contributed by atoms with Gasteiger partial charge in [0.15, 0.2) is 0 Å². The summed E-state index contributed by atoms with van der Waals surface area (Å²) in [6.45, 7) is 3.33. The lowest BCUT2D eigenvalue weighted by Gasteiger charge is -2.23. The van der Waals surface area contributed by atoms with E-state index in [1.807, 2.05) is 19.1 Å². The van der Waals surface area contributed by atoms with Crippen LogP contribution in [0.25, 0.3) is 10.9 Å². The van der Waals surface area contributed by atoms with Crippen molar-refractivity contribution in [3.8, 4) is 0 Å². The molecule has 144 valence electrons. The first kappa shape index (κ1) is 18.7. The Hall–Kier alpha value is -2.66. The van der Waals surface area contributed by atoms with Crippen LogP contribution >= 0.6 is 11.6 Å². The van der Waals surface area contributed by atoms with Crippen LogP contribution in [0.1, 0.15) is 42.4 Å². The van der Waals surface area contributed by atoms with Crippen molar-refractivity contribution in [3.05, 3.63) is 69.2 Å². The van der Waals surface area contributed by atoms with Crippen molar-refractivity contribution in [1.29, 1.82) is 0 Å². The molecule has 0 saturated heterocycles. The van der Waals surface area contributed by atoms with Gasteiger partial charge < -0.3 is 4.90 Å². The molecule has 28 heavy (non-hydrogen) atoms. The lowest BCUT2D eigenvalue weighted by molar-refractivity contribution is 0.0987. The Morgan fingerprint density at radius 1 is 1.21 bits per heavy atom. The number of rotatable bonds is 4. The van der Waals surface area contributed by atoms with Gasteiger partial charge in [0.1, 0.15) is 5.82 Å². The third-order valence-corrected chi connectivity index (χ3v) is 5.36. The van der Waals surface area contributed by atoms with Crippen LogP contribution in [0.4, 0.5) is 5.69 Å². The smallest absolute Gasteiger partial charge is 0.261 e. The summed E-state index contributed by atoms with van der Waals surface area (Å²) in [7, 11) is 0. The second kappa shape index (κ2) is 7.76. The van der Waals surface area contributed by atoms with E-state index < -0.39 is 0 Å². The van der Waals surface area contributed by atoms with Gasteiger partial charge in [-0.25, -0.2) is 4.98 Å². The van der Waals surface area contributed by atoms with Crippen LogP contribution < -0.4 is 10.5 Å². The Labute approximate surface area is 168 Å². The van der Waals surface area contributed by atoms with Gasteiger partial charge in [0.05, 0.1) is 10.9 Å². The van der Waals surface area contributed by atoms with Crippen LogP contribution in [0.3, 0.4) is 0 Å². The summed E-state index contributed by atoms with van der Waals surface area (Å²) < 4.78 is 1.77. The normalized spacial score (nSPS) is 13.4. The van der Waals surface area contributed by atoms with Crippen LogP contribution in [0.15, 0.2) is 47.3 Å². The third kappa shape index (κ3) is 3.42. The quantitative estimate of drug-likeness (QED) is 0.656. The molecular formula is C22H22ClN3O2. The maximum atomic E-state index is 13.2. The van der Waals surface area contributed by atoms with Crippen molar-refractivity contribution in [2.45, 2.75) is 39.2 Å². The van der Waals surface area contributed by atoms with Crippen LogP contribution in [-0.4, -0.2) is 22.0 Å². The van der Waals surface area contributed by atoms with Crippen molar-refractivity contribution in [2.75, 3.05) is 11.4 Å². The largest absolute Gasteiger partial charge is 0.308 e. The molecule has 3 aromatic rings. The van der Waals surface area contributed by atoms with Crippen LogP contribution in [-0.2, 0) is 13.0 Å². The Balaban J connectivity index is 1.76. The molecule has 2 heterocycles. The Morgan fingerprint density at radius 2 is 2.07 bits per heavy atom. The predicted octanol–water partition coefficient (Wildman–Crippen LogP) is 4.44. The van der Waals surface area contributed by atoms with Crippen molar-refractivity contribution in [3.63, 3.8) is 0 Å². The number of halogens is 1. The van der Waals surface area contributed by atoms with Gasteiger partial charge in [-0.1, -0.05) is 24.6 Å². The number of aryl methyl sites for hydroxylation is 1. The summed E-state index contributed by atoms with van der Waals surface area (Å²) in [4.78, 5) is 32.4. The van der Waals surface area contributed by atoms with Gasteiger partial charge in [-0.3, -0.25) is 14.2 Å². The van der Waals surface area contributed by atoms with E-state index in [2.05, 4.69) is 4.98 Å². The maximum Gasteiger partial charge on any atom is 0.261 e. The fourth-order valence-corrected chi connectivity index (χ4v) is 3.93. The van der Waals surface area contributed by atoms with Gasteiger partial charge in [0, 0.05) is 35.8 Å². The zero-order valence-corrected chi connectivity index (χ0v) is 16.6. The molecule has 5 nitrogen and oxygen atoms in total. The number of carbonyl (C=O) groups excluding carboxylic acids is 1. The number of nitrogens with zero attached hydrogens (tertiary/aromatic N) is 3. The molecule has 0 aliphatic carbocycles. The van der Waals surface area contributed by atoms with Gasteiger partial charge in [0.2, 0.25) is 0 Å². The molecule has 2 aromatic carbocycles. The Morgan fingerprint density at radius 3 is 2.86 bits per heavy atom. The molecule has 0 fully saturated rings. The van der Waals surface area contributed by atoms with E-state index in [4.69, 9.17) is 11.6 Å². The van der Waals surface area contributed by atoms with Gasteiger partial charge in [-0.15, -0.1) is 0 Å². The SMILES string of the molecule is CCCN(C(=O)c1ccc2c(=O)n3c(nc2c1)CCCC3)c1cccc(Cl)c1. The van der Waals surface area contributed by atoms with Crippen molar-refractivity contribution in [2.24, 2.45) is 0 Å². The molecular weight excluding hydrogens is 374 g/mol. The lowest BCUT2D eigenvalue weighted by Crippen LogP contribution is -2.32. The molecule has 1 amide bonds. The second-order valence-corrected chi connectivity index (χ2v) is 7.55. The maximum absolute atomic E-state index is 13.2. The van der Waals surface area contributed by atoms with Gasteiger partial charge in [0.25, 0.3) is 11.5 Å². The third-order valence-electron chi connectivity index (χ3n) is 5.13. The van der Waals surface area contributed by atoms with E-state index in [-0.39, 0.29) is 11.5 Å². The van der Waals surface area contributed by atoms with E-state index in [0.717, 1.165) is 43.7 Å². The van der Waals surface area contributed by atoms with Crippen molar-refractivity contribution < 1.29 is 4.79 Å². The number of aromatic nitrogens is 2. The molecule has 0 atom stereocenters. The van der Waals surface area contributed by atoms with E-state index in [1.54, 1.807) is 39.8 Å². The highest BCUT2D eigenvalue weighted by Gasteiger charge is 2.20. The highest BCUT2D eigenvalue weighted by atomic mass is 35.5. The Kier molecular flexibility index (Phi) is 5.18. The van der Waals surface area contributed by atoms with Crippen molar-refractivity contribution >= 4 is 34.1 Å². The number of benzene rings is 2. The number of carbonyl (C=O) groups is 1.